The number of aromatic nitrogens is 2. The summed E-state index contributed by atoms with van der Waals surface area (Å²) in [7, 11) is 3.26. The van der Waals surface area contributed by atoms with E-state index >= 15 is 0 Å². The number of nitrogens with zero attached hydrogens (tertiary/aromatic N) is 2. The normalized spacial score (nSPS) is 9.91. The number of hydrogen-bond donors (Lipinski definition) is 1. The average Bonchev–Trinajstić information content (AvgIpc) is 2.37. The molecular weight excluding hydrogens is 216 g/mol. The second-order valence-electron chi connectivity index (χ2n) is 1.54. The van der Waals surface area contributed by atoms with Gasteiger partial charge in [-0.3, -0.25) is 0 Å². The maximum atomic E-state index is 4.18. The fourth-order valence-corrected chi connectivity index (χ4v) is 3.21. The van der Waals surface area contributed by atoms with E-state index in [2.05, 4.69) is 28.8 Å². The lowest BCUT2D eigenvalue weighted by atomic mass is 10.8. The molecule has 0 amide bonds. The van der Waals surface area contributed by atoms with Gasteiger partial charge in [0.2, 0.25) is 0 Å². The molecule has 0 atom stereocenters. The predicted molar refractivity (Wildman–Crippen MR) is 55.7 cm³/mol. The molecule has 0 saturated carbocycles. The van der Waals surface area contributed by atoms with Gasteiger partial charge in [0, 0.05) is 5.75 Å². The molecule has 1 aromatic rings. The Balaban J connectivity index is 2.38. The quantitative estimate of drug-likeness (QED) is 0.367. The molecule has 1 rings (SSSR count). The number of rotatable bonds is 4. The van der Waals surface area contributed by atoms with E-state index in [1.54, 1.807) is 21.6 Å². The first kappa shape index (κ1) is 9.44. The Morgan fingerprint density at radius 3 is 3.09 bits per heavy atom. The van der Waals surface area contributed by atoms with Gasteiger partial charge in [0.15, 0.2) is 5.03 Å². The summed E-state index contributed by atoms with van der Waals surface area (Å²) in [5, 5.41) is 4.78. The van der Waals surface area contributed by atoms with Gasteiger partial charge in [-0.25, -0.2) is 0 Å². The smallest absolute Gasteiger partial charge is 0.129 e. The van der Waals surface area contributed by atoms with E-state index in [1.165, 1.54) is 11.5 Å². The van der Waals surface area contributed by atoms with Crippen LogP contribution in [-0.2, 0) is 0 Å². The summed E-state index contributed by atoms with van der Waals surface area (Å²) in [6.45, 7) is 3.62. The molecule has 0 fully saturated rings. The van der Waals surface area contributed by atoms with Crippen LogP contribution < -0.4 is 0 Å². The molecule has 2 nitrogen and oxygen atoms in total. The molecule has 1 aromatic heterocycles. The highest BCUT2D eigenvalue weighted by atomic mass is 33.1. The van der Waals surface area contributed by atoms with Crippen LogP contribution in [0.15, 0.2) is 21.9 Å². The largest absolute Gasteiger partial charge is 0.155 e. The van der Waals surface area contributed by atoms with E-state index in [1.807, 2.05) is 6.08 Å². The maximum absolute atomic E-state index is 4.18. The summed E-state index contributed by atoms with van der Waals surface area (Å²) >= 11 is 5.49. The minimum Gasteiger partial charge on any atom is -0.129 e. The fourth-order valence-electron chi connectivity index (χ4n) is 0.368. The molecule has 1 heterocycles. The summed E-state index contributed by atoms with van der Waals surface area (Å²) in [5.74, 6) is 0.912. The Morgan fingerprint density at radius 1 is 1.73 bits per heavy atom. The highest BCUT2D eigenvalue weighted by Crippen LogP contribution is 2.34. The predicted octanol–water partition coefficient (Wildman–Crippen LogP) is 2.75. The SMILES string of the molecule is C=CCSSc1nnsc1S. The molecule has 0 N–H and O–H groups in total. The third-order valence-corrected chi connectivity index (χ3v) is 4.20. The van der Waals surface area contributed by atoms with E-state index in [4.69, 9.17) is 0 Å². The van der Waals surface area contributed by atoms with Gasteiger partial charge in [-0.05, 0) is 22.3 Å². The van der Waals surface area contributed by atoms with Gasteiger partial charge in [-0.1, -0.05) is 21.4 Å². The second-order valence-corrected chi connectivity index (χ2v) is 5.37. The summed E-state index contributed by atoms with van der Waals surface area (Å²) in [4.78, 5) is 0. The van der Waals surface area contributed by atoms with Crippen molar-refractivity contribution in [1.82, 2.24) is 9.59 Å². The van der Waals surface area contributed by atoms with Crippen molar-refractivity contribution in [1.29, 1.82) is 0 Å². The van der Waals surface area contributed by atoms with Crippen molar-refractivity contribution in [2.24, 2.45) is 0 Å². The molecule has 11 heavy (non-hydrogen) atoms. The highest BCUT2D eigenvalue weighted by molar-refractivity contribution is 8.76. The van der Waals surface area contributed by atoms with Crippen LogP contribution in [0.25, 0.3) is 0 Å². The Kier molecular flexibility index (Phi) is 4.36. The summed E-state index contributed by atoms with van der Waals surface area (Å²) < 4.78 is 4.64. The number of hydrogen-bond acceptors (Lipinski definition) is 6. The summed E-state index contributed by atoms with van der Waals surface area (Å²) in [6, 6.07) is 0. The molecule has 0 aliphatic carbocycles. The molecule has 0 aliphatic rings. The minimum absolute atomic E-state index is 0.881. The molecular formula is C5H6N2S4. The van der Waals surface area contributed by atoms with Gasteiger partial charge < -0.3 is 0 Å². The van der Waals surface area contributed by atoms with E-state index in [0.29, 0.717) is 0 Å². The average molecular weight is 222 g/mol. The van der Waals surface area contributed by atoms with Crippen molar-refractivity contribution in [2.45, 2.75) is 9.24 Å². The first-order valence-electron chi connectivity index (χ1n) is 2.76. The van der Waals surface area contributed by atoms with Gasteiger partial charge >= 0.3 is 0 Å². The molecule has 0 radical (unpaired) electrons. The zero-order valence-corrected chi connectivity index (χ0v) is 8.90. The Bertz CT molecular complexity index is 234. The Morgan fingerprint density at radius 2 is 2.55 bits per heavy atom. The monoisotopic (exact) mass is 222 g/mol. The van der Waals surface area contributed by atoms with Crippen molar-refractivity contribution in [3.63, 3.8) is 0 Å². The first-order chi connectivity index (χ1) is 5.34. The molecule has 0 saturated heterocycles. The summed E-state index contributed by atoms with van der Waals surface area (Å²) in [6.07, 6.45) is 1.86. The standard InChI is InChI=1S/C5H6N2S4/c1-2-3-9-11-4-5(8)10-7-6-4/h2,8H,1,3H2. The lowest BCUT2D eigenvalue weighted by Crippen LogP contribution is -1.69. The Labute approximate surface area is 82.8 Å². The molecule has 0 spiro atoms. The van der Waals surface area contributed by atoms with Crippen LogP contribution in [0.3, 0.4) is 0 Å². The van der Waals surface area contributed by atoms with Gasteiger partial charge in [0.1, 0.15) is 4.21 Å². The van der Waals surface area contributed by atoms with E-state index < -0.39 is 0 Å². The van der Waals surface area contributed by atoms with Crippen molar-refractivity contribution < 1.29 is 0 Å². The van der Waals surface area contributed by atoms with Gasteiger partial charge in [-0.15, -0.1) is 24.3 Å². The van der Waals surface area contributed by atoms with E-state index in [-0.39, 0.29) is 0 Å². The van der Waals surface area contributed by atoms with Crippen LogP contribution in [-0.4, -0.2) is 15.3 Å². The van der Waals surface area contributed by atoms with Gasteiger partial charge in [0.05, 0.1) is 0 Å². The van der Waals surface area contributed by atoms with Crippen LogP contribution in [0.2, 0.25) is 0 Å². The summed E-state index contributed by atoms with van der Waals surface area (Å²) in [5.41, 5.74) is 0. The van der Waals surface area contributed by atoms with Crippen LogP contribution in [0, 0.1) is 0 Å². The van der Waals surface area contributed by atoms with E-state index in [0.717, 1.165) is 15.0 Å². The van der Waals surface area contributed by atoms with Crippen LogP contribution in [0.5, 0.6) is 0 Å². The van der Waals surface area contributed by atoms with E-state index in [9.17, 15) is 0 Å². The van der Waals surface area contributed by atoms with Crippen LogP contribution in [0.1, 0.15) is 0 Å². The topological polar surface area (TPSA) is 25.8 Å². The minimum atomic E-state index is 0.881. The van der Waals surface area contributed by atoms with Crippen molar-refractivity contribution >= 4 is 45.7 Å². The third kappa shape index (κ3) is 3.06. The Hall–Kier alpha value is 0.350. The first-order valence-corrected chi connectivity index (χ1v) is 6.30. The second kappa shape index (κ2) is 5.08. The highest BCUT2D eigenvalue weighted by Gasteiger charge is 2.03. The van der Waals surface area contributed by atoms with Gasteiger partial charge in [-0.2, -0.15) is 0 Å². The molecule has 6 heteroatoms. The number of thiol groups is 1. The molecule has 0 aliphatic heterocycles. The zero-order valence-electron chi connectivity index (χ0n) is 5.56. The molecule has 0 bridgehead atoms. The zero-order chi connectivity index (χ0) is 8.10. The van der Waals surface area contributed by atoms with Crippen molar-refractivity contribution in [3.05, 3.63) is 12.7 Å². The third-order valence-electron chi connectivity index (χ3n) is 0.766. The molecule has 0 aromatic carbocycles. The lowest BCUT2D eigenvalue weighted by molar-refractivity contribution is 1.01. The van der Waals surface area contributed by atoms with Crippen LogP contribution in [0.4, 0.5) is 0 Å². The van der Waals surface area contributed by atoms with Crippen molar-refractivity contribution in [3.8, 4) is 0 Å². The van der Waals surface area contributed by atoms with Crippen molar-refractivity contribution in [2.75, 3.05) is 5.75 Å². The maximum Gasteiger partial charge on any atom is 0.155 e. The molecule has 60 valence electrons. The molecule has 0 unspecified atom stereocenters. The van der Waals surface area contributed by atoms with Crippen LogP contribution >= 0.6 is 45.7 Å². The van der Waals surface area contributed by atoms with Gasteiger partial charge in [0.25, 0.3) is 0 Å². The lowest BCUT2D eigenvalue weighted by Gasteiger charge is -1.91. The fraction of sp³-hybridized carbons (Fsp3) is 0.200.